The molecule has 1 amide bonds. The van der Waals surface area contributed by atoms with Gasteiger partial charge in [-0.05, 0) is 56.7 Å². The van der Waals surface area contributed by atoms with E-state index in [1.54, 1.807) is 39.1 Å². The van der Waals surface area contributed by atoms with E-state index in [-0.39, 0.29) is 29.5 Å². The third-order valence-electron chi connectivity index (χ3n) is 5.46. The van der Waals surface area contributed by atoms with Crippen molar-refractivity contribution in [2.45, 2.75) is 39.0 Å². The first-order chi connectivity index (χ1) is 15.7. The van der Waals surface area contributed by atoms with E-state index in [0.29, 0.717) is 11.3 Å². The van der Waals surface area contributed by atoms with Gasteiger partial charge < -0.3 is 15.2 Å². The SMILES string of the molecule is Cc1cc(-c2cc(F)c([C@H](C)Nc3nccc(N4C(=O)OCC4[C@@H](C)O)n3)cc2F)ccn1. The van der Waals surface area contributed by atoms with Gasteiger partial charge in [0.25, 0.3) is 0 Å². The minimum absolute atomic E-state index is 0.0352. The van der Waals surface area contributed by atoms with Crippen LogP contribution in [0.4, 0.5) is 25.3 Å². The van der Waals surface area contributed by atoms with Gasteiger partial charge in [0.15, 0.2) is 0 Å². The fourth-order valence-electron chi connectivity index (χ4n) is 3.71. The van der Waals surface area contributed by atoms with Crippen LogP contribution in [0.2, 0.25) is 0 Å². The number of aromatic nitrogens is 3. The molecule has 0 spiro atoms. The number of pyridine rings is 1. The van der Waals surface area contributed by atoms with Gasteiger partial charge in [-0.2, -0.15) is 4.98 Å². The summed E-state index contributed by atoms with van der Waals surface area (Å²) in [5.41, 5.74) is 1.47. The summed E-state index contributed by atoms with van der Waals surface area (Å²) < 4.78 is 34.8. The monoisotopic (exact) mass is 455 g/mol. The van der Waals surface area contributed by atoms with E-state index in [1.807, 2.05) is 0 Å². The number of benzene rings is 1. The Hall–Kier alpha value is -3.66. The molecule has 10 heteroatoms. The lowest BCUT2D eigenvalue weighted by molar-refractivity contribution is 0.142. The Morgan fingerprint density at radius 3 is 2.64 bits per heavy atom. The molecule has 0 aliphatic carbocycles. The number of cyclic esters (lactones) is 1. The average molecular weight is 455 g/mol. The molecule has 0 saturated carbocycles. The molecular formula is C23H23F2N5O3. The highest BCUT2D eigenvalue weighted by atomic mass is 19.1. The third kappa shape index (κ3) is 4.61. The summed E-state index contributed by atoms with van der Waals surface area (Å²) in [6, 6.07) is 5.84. The maximum absolute atomic E-state index is 14.9. The molecule has 3 heterocycles. The number of hydrogen-bond donors (Lipinski definition) is 2. The zero-order valence-corrected chi connectivity index (χ0v) is 18.3. The Balaban J connectivity index is 1.58. The van der Waals surface area contributed by atoms with Gasteiger partial charge in [0.2, 0.25) is 5.95 Å². The summed E-state index contributed by atoms with van der Waals surface area (Å²) in [6.07, 6.45) is 1.51. The number of nitrogens with one attached hydrogen (secondary N) is 1. The zero-order chi connectivity index (χ0) is 23.7. The molecule has 1 unspecified atom stereocenters. The normalized spacial score (nSPS) is 17.6. The minimum Gasteiger partial charge on any atom is -0.447 e. The average Bonchev–Trinajstić information content (AvgIpc) is 3.17. The lowest BCUT2D eigenvalue weighted by Crippen LogP contribution is -2.41. The van der Waals surface area contributed by atoms with Crippen LogP contribution >= 0.6 is 0 Å². The number of halogens is 2. The second-order valence-electron chi connectivity index (χ2n) is 7.90. The molecule has 1 fully saturated rings. The van der Waals surface area contributed by atoms with E-state index in [9.17, 15) is 18.7 Å². The predicted molar refractivity (Wildman–Crippen MR) is 118 cm³/mol. The van der Waals surface area contributed by atoms with Crippen LogP contribution in [-0.4, -0.2) is 44.9 Å². The predicted octanol–water partition coefficient (Wildman–Crippen LogP) is 4.00. The van der Waals surface area contributed by atoms with Crippen LogP contribution in [-0.2, 0) is 4.74 Å². The van der Waals surface area contributed by atoms with Gasteiger partial charge in [-0.3, -0.25) is 9.88 Å². The first-order valence-corrected chi connectivity index (χ1v) is 10.4. The van der Waals surface area contributed by atoms with E-state index in [1.165, 1.54) is 17.2 Å². The van der Waals surface area contributed by atoms with Gasteiger partial charge in [-0.25, -0.2) is 18.6 Å². The molecule has 0 radical (unpaired) electrons. The van der Waals surface area contributed by atoms with E-state index in [2.05, 4.69) is 20.3 Å². The highest BCUT2D eigenvalue weighted by Gasteiger charge is 2.38. The topological polar surface area (TPSA) is 100 Å². The standard InChI is InChI=1S/C23H23F2N5O3/c1-12-8-15(4-6-26-12)17-10-18(24)16(9-19(17)25)13(2)28-22-27-7-5-21(29-22)30-20(14(3)31)11-33-23(30)32/h4-10,13-14,20,31H,11H2,1-3H3,(H,27,28,29)/t13-,14+,20?/m0/s1. The summed E-state index contributed by atoms with van der Waals surface area (Å²) in [5, 5.41) is 12.9. The minimum atomic E-state index is -0.832. The van der Waals surface area contributed by atoms with Crippen molar-refractivity contribution >= 4 is 17.9 Å². The first kappa shape index (κ1) is 22.5. The Kier molecular flexibility index (Phi) is 6.19. The van der Waals surface area contributed by atoms with E-state index >= 15 is 0 Å². The molecule has 4 rings (SSSR count). The van der Waals surface area contributed by atoms with Crippen LogP contribution in [0.25, 0.3) is 11.1 Å². The fraction of sp³-hybridized carbons (Fsp3) is 0.304. The quantitative estimate of drug-likeness (QED) is 0.579. The van der Waals surface area contributed by atoms with Crippen molar-refractivity contribution in [1.29, 1.82) is 0 Å². The molecule has 1 saturated heterocycles. The molecule has 2 aromatic heterocycles. The van der Waals surface area contributed by atoms with E-state index in [0.717, 1.165) is 12.1 Å². The number of aliphatic hydroxyl groups is 1. The summed E-state index contributed by atoms with van der Waals surface area (Å²) in [5.74, 6) is -0.824. The van der Waals surface area contributed by atoms with Crippen LogP contribution in [0.5, 0.6) is 0 Å². The van der Waals surface area contributed by atoms with Gasteiger partial charge in [0.05, 0.1) is 12.1 Å². The lowest BCUT2D eigenvalue weighted by atomic mass is 10.00. The van der Waals surface area contributed by atoms with Gasteiger partial charge in [0, 0.05) is 29.2 Å². The Morgan fingerprint density at radius 1 is 1.15 bits per heavy atom. The zero-order valence-electron chi connectivity index (χ0n) is 18.3. The van der Waals surface area contributed by atoms with Crippen LogP contribution in [0.15, 0.2) is 42.7 Å². The molecule has 1 aliphatic heterocycles. The Bertz CT molecular complexity index is 1190. The van der Waals surface area contributed by atoms with Crippen molar-refractivity contribution in [3.05, 3.63) is 65.6 Å². The molecule has 1 aliphatic rings. The largest absolute Gasteiger partial charge is 0.447 e. The van der Waals surface area contributed by atoms with Crippen LogP contribution < -0.4 is 10.2 Å². The number of nitrogens with zero attached hydrogens (tertiary/aromatic N) is 4. The number of aryl methyl sites for hydroxylation is 1. The van der Waals surface area contributed by atoms with Crippen molar-refractivity contribution in [3.63, 3.8) is 0 Å². The molecule has 33 heavy (non-hydrogen) atoms. The second-order valence-corrected chi connectivity index (χ2v) is 7.90. The molecule has 0 bridgehead atoms. The number of hydrogen-bond acceptors (Lipinski definition) is 7. The molecule has 172 valence electrons. The second kappa shape index (κ2) is 9.07. The summed E-state index contributed by atoms with van der Waals surface area (Å²) >= 11 is 0. The number of aliphatic hydroxyl groups excluding tert-OH is 1. The maximum Gasteiger partial charge on any atom is 0.416 e. The number of carbonyl (C=O) groups is 1. The van der Waals surface area contributed by atoms with Crippen LogP contribution in [0, 0.1) is 18.6 Å². The third-order valence-corrected chi connectivity index (χ3v) is 5.46. The molecule has 2 N–H and O–H groups in total. The maximum atomic E-state index is 14.9. The van der Waals surface area contributed by atoms with E-state index < -0.39 is 35.9 Å². The smallest absolute Gasteiger partial charge is 0.416 e. The van der Waals surface area contributed by atoms with Crippen LogP contribution in [0.3, 0.4) is 0 Å². The number of anilines is 2. The Labute approximate surface area is 189 Å². The van der Waals surface area contributed by atoms with Crippen molar-refractivity contribution in [3.8, 4) is 11.1 Å². The van der Waals surface area contributed by atoms with Gasteiger partial charge in [-0.1, -0.05) is 0 Å². The summed E-state index contributed by atoms with van der Waals surface area (Å²) in [6.45, 7) is 5.01. The molecule has 3 atom stereocenters. The van der Waals surface area contributed by atoms with Gasteiger partial charge in [0.1, 0.15) is 30.1 Å². The highest BCUT2D eigenvalue weighted by Crippen LogP contribution is 2.30. The molecule has 8 nitrogen and oxygen atoms in total. The molecule has 1 aromatic carbocycles. The van der Waals surface area contributed by atoms with Gasteiger partial charge >= 0.3 is 6.09 Å². The summed E-state index contributed by atoms with van der Waals surface area (Å²) in [4.78, 5) is 25.8. The lowest BCUT2D eigenvalue weighted by Gasteiger charge is -2.23. The number of amides is 1. The van der Waals surface area contributed by atoms with Crippen molar-refractivity contribution < 1.29 is 23.4 Å². The van der Waals surface area contributed by atoms with E-state index in [4.69, 9.17) is 4.74 Å². The molecular weight excluding hydrogens is 432 g/mol. The van der Waals surface area contributed by atoms with Crippen molar-refractivity contribution in [2.24, 2.45) is 0 Å². The Morgan fingerprint density at radius 2 is 1.91 bits per heavy atom. The van der Waals surface area contributed by atoms with Crippen molar-refractivity contribution in [1.82, 2.24) is 15.0 Å². The molecule has 3 aromatic rings. The highest BCUT2D eigenvalue weighted by molar-refractivity contribution is 5.89. The first-order valence-electron chi connectivity index (χ1n) is 10.4. The fourth-order valence-corrected chi connectivity index (χ4v) is 3.71. The number of carbonyl (C=O) groups excluding carboxylic acids is 1. The summed E-state index contributed by atoms with van der Waals surface area (Å²) in [7, 11) is 0. The van der Waals surface area contributed by atoms with Crippen LogP contribution in [0.1, 0.15) is 31.1 Å². The van der Waals surface area contributed by atoms with Gasteiger partial charge in [-0.15, -0.1) is 0 Å². The van der Waals surface area contributed by atoms with Crippen molar-refractivity contribution in [2.75, 3.05) is 16.8 Å². The number of ether oxygens (including phenoxy) is 1. The number of rotatable bonds is 6.